The molecule has 0 fully saturated rings. The van der Waals surface area contributed by atoms with Gasteiger partial charge in [-0.15, -0.1) is 0 Å². The number of ether oxygens (including phenoxy) is 5. The molecule has 0 spiro atoms. The summed E-state index contributed by atoms with van der Waals surface area (Å²) < 4.78 is 29.5. The lowest BCUT2D eigenvalue weighted by Gasteiger charge is -2.38. The Kier molecular flexibility index (Phi) is 11.0. The maximum Gasteiger partial charge on any atom is 0.338 e. The Balaban J connectivity index is 1.59. The Bertz CT molecular complexity index is 1660. The summed E-state index contributed by atoms with van der Waals surface area (Å²) in [6, 6.07) is 41.4. The molecule has 0 aliphatic carbocycles. The summed E-state index contributed by atoms with van der Waals surface area (Å²) in [6.45, 7) is -0.892. The smallest absolute Gasteiger partial charge is 0.338 e. The van der Waals surface area contributed by atoms with Crippen LogP contribution in [0.2, 0.25) is 0 Å². The minimum atomic E-state index is -1.25. The van der Waals surface area contributed by atoms with E-state index in [0.717, 1.165) is 16.7 Å². The molecule has 0 aromatic heterocycles. The number of rotatable bonds is 14. The maximum atomic E-state index is 13.4. The second-order valence-electron chi connectivity index (χ2n) is 10.6. The van der Waals surface area contributed by atoms with E-state index in [4.69, 9.17) is 23.7 Å². The van der Waals surface area contributed by atoms with Gasteiger partial charge in [-0.05, 0) is 65.2 Å². The van der Waals surface area contributed by atoms with Crippen LogP contribution in [0.1, 0.15) is 37.4 Å². The summed E-state index contributed by atoms with van der Waals surface area (Å²) in [6.07, 6.45) is -2.46. The minimum Gasteiger partial charge on any atom is -0.497 e. The van der Waals surface area contributed by atoms with Crippen molar-refractivity contribution < 1.29 is 38.4 Å². The highest BCUT2D eigenvalue weighted by atomic mass is 16.6. The second-order valence-corrected chi connectivity index (χ2v) is 10.6. The molecule has 0 saturated heterocycles. The number of esters is 2. The number of benzene rings is 5. The first-order valence-corrected chi connectivity index (χ1v) is 15.1. The van der Waals surface area contributed by atoms with Crippen molar-refractivity contribution in [2.24, 2.45) is 0 Å². The molecule has 0 amide bonds. The van der Waals surface area contributed by atoms with Crippen LogP contribution in [0.15, 0.2) is 140 Å². The van der Waals surface area contributed by atoms with Gasteiger partial charge in [0.25, 0.3) is 0 Å². The van der Waals surface area contributed by atoms with Crippen LogP contribution in [-0.4, -0.2) is 56.7 Å². The molecule has 0 aliphatic rings. The lowest BCUT2D eigenvalue weighted by atomic mass is 9.80. The van der Waals surface area contributed by atoms with Crippen molar-refractivity contribution in [2.75, 3.05) is 27.4 Å². The first-order chi connectivity index (χ1) is 23.0. The zero-order valence-corrected chi connectivity index (χ0v) is 26.2. The van der Waals surface area contributed by atoms with Crippen LogP contribution in [0, 0.1) is 0 Å². The van der Waals surface area contributed by atoms with E-state index in [-0.39, 0.29) is 12.2 Å². The topological polar surface area (TPSA) is 101 Å². The Labute approximate surface area is 274 Å². The van der Waals surface area contributed by atoms with Crippen LogP contribution in [-0.2, 0) is 19.8 Å². The van der Waals surface area contributed by atoms with Crippen molar-refractivity contribution >= 4 is 11.9 Å². The van der Waals surface area contributed by atoms with Gasteiger partial charge in [0.15, 0.2) is 12.2 Å². The summed E-state index contributed by atoms with van der Waals surface area (Å²) >= 11 is 0. The molecule has 2 atom stereocenters. The normalized spacial score (nSPS) is 12.4. The van der Waals surface area contributed by atoms with Crippen LogP contribution >= 0.6 is 0 Å². The molecule has 0 radical (unpaired) electrons. The van der Waals surface area contributed by atoms with Gasteiger partial charge in [0, 0.05) is 0 Å². The van der Waals surface area contributed by atoms with E-state index in [9.17, 15) is 14.7 Å². The molecule has 240 valence electrons. The molecule has 0 heterocycles. The summed E-state index contributed by atoms with van der Waals surface area (Å²) in [5, 5.41) is 10.5. The van der Waals surface area contributed by atoms with Gasteiger partial charge in [0.05, 0.1) is 38.6 Å². The zero-order chi connectivity index (χ0) is 33.1. The van der Waals surface area contributed by atoms with Crippen LogP contribution in [0.25, 0.3) is 0 Å². The molecule has 5 aromatic carbocycles. The lowest BCUT2D eigenvalue weighted by molar-refractivity contribution is -0.102. The average Bonchev–Trinajstić information content (AvgIpc) is 3.15. The highest BCUT2D eigenvalue weighted by molar-refractivity contribution is 5.90. The molecule has 0 unspecified atom stereocenters. The van der Waals surface area contributed by atoms with Gasteiger partial charge in [-0.3, -0.25) is 0 Å². The fraction of sp³-hybridized carbons (Fsp3) is 0.179. The predicted molar refractivity (Wildman–Crippen MR) is 177 cm³/mol. The van der Waals surface area contributed by atoms with Crippen LogP contribution in [0.4, 0.5) is 0 Å². The van der Waals surface area contributed by atoms with Gasteiger partial charge in [0.2, 0.25) is 0 Å². The Hall–Kier alpha value is -5.44. The largest absolute Gasteiger partial charge is 0.497 e. The standard InChI is InChI=1S/C39H36O8/c1-43-33-22-18-31(19-23-33)39(30-16-10-5-11-17-30,32-20-24-34(44-2)25-21-32)45-27-36(47-38(42)29-14-8-4-9-15-29)35(26-40)46-37(41)28-12-6-3-7-13-28/h3-25,35-36,40H,26-27H2,1-2H3/t35-,36-/m1/s1. The Morgan fingerprint density at radius 3 is 1.34 bits per heavy atom. The molecule has 5 rings (SSSR count). The van der Waals surface area contributed by atoms with Crippen LogP contribution in [0.3, 0.4) is 0 Å². The van der Waals surface area contributed by atoms with Crippen molar-refractivity contribution in [1.29, 1.82) is 0 Å². The number of aliphatic hydroxyl groups excluding tert-OH is 1. The van der Waals surface area contributed by atoms with E-state index in [0.29, 0.717) is 17.1 Å². The molecular weight excluding hydrogens is 596 g/mol. The quantitative estimate of drug-likeness (QED) is 0.110. The average molecular weight is 633 g/mol. The number of carbonyl (C=O) groups excluding carboxylic acids is 2. The number of hydrogen-bond acceptors (Lipinski definition) is 8. The number of carbonyl (C=O) groups is 2. The molecule has 5 aromatic rings. The Morgan fingerprint density at radius 1 is 0.553 bits per heavy atom. The first-order valence-electron chi connectivity index (χ1n) is 15.1. The van der Waals surface area contributed by atoms with Crippen molar-refractivity contribution in [3.8, 4) is 11.5 Å². The molecular formula is C39H36O8. The molecule has 1 N–H and O–H groups in total. The fourth-order valence-electron chi connectivity index (χ4n) is 5.29. The molecule has 8 heteroatoms. The highest BCUT2D eigenvalue weighted by Crippen LogP contribution is 2.42. The molecule has 0 aliphatic heterocycles. The molecule has 0 saturated carbocycles. The summed E-state index contributed by atoms with van der Waals surface area (Å²) in [5.41, 5.74) is 1.62. The van der Waals surface area contributed by atoms with E-state index in [2.05, 4.69) is 0 Å². The second kappa shape index (κ2) is 15.7. The summed E-state index contributed by atoms with van der Waals surface area (Å²) in [5.74, 6) is -0.0146. The SMILES string of the molecule is COc1ccc(C(OC[C@@H](OC(=O)c2ccccc2)[C@@H](CO)OC(=O)c2ccccc2)(c2ccccc2)c2ccc(OC)cc2)cc1. The van der Waals surface area contributed by atoms with E-state index < -0.39 is 36.4 Å². The van der Waals surface area contributed by atoms with Gasteiger partial charge in [-0.25, -0.2) is 9.59 Å². The van der Waals surface area contributed by atoms with E-state index in [1.165, 1.54) is 0 Å². The molecule has 47 heavy (non-hydrogen) atoms. The van der Waals surface area contributed by atoms with Crippen LogP contribution in [0.5, 0.6) is 11.5 Å². The highest BCUT2D eigenvalue weighted by Gasteiger charge is 2.40. The maximum absolute atomic E-state index is 13.4. The number of methoxy groups -OCH3 is 2. The van der Waals surface area contributed by atoms with Gasteiger partial charge in [-0.1, -0.05) is 91.0 Å². The van der Waals surface area contributed by atoms with Gasteiger partial charge >= 0.3 is 11.9 Å². The van der Waals surface area contributed by atoms with Gasteiger partial charge in [-0.2, -0.15) is 0 Å². The van der Waals surface area contributed by atoms with Crippen molar-refractivity contribution in [3.05, 3.63) is 167 Å². The molecule has 0 bridgehead atoms. The summed E-state index contributed by atoms with van der Waals surface area (Å²) in [7, 11) is 3.19. The lowest BCUT2D eigenvalue weighted by Crippen LogP contribution is -2.44. The first kappa shape index (κ1) is 32.9. The van der Waals surface area contributed by atoms with E-state index in [1.807, 2.05) is 78.9 Å². The van der Waals surface area contributed by atoms with E-state index in [1.54, 1.807) is 74.9 Å². The summed E-state index contributed by atoms with van der Waals surface area (Å²) in [4.78, 5) is 26.5. The van der Waals surface area contributed by atoms with Gasteiger partial charge in [0.1, 0.15) is 17.1 Å². The fourth-order valence-corrected chi connectivity index (χ4v) is 5.29. The van der Waals surface area contributed by atoms with Crippen molar-refractivity contribution in [1.82, 2.24) is 0 Å². The number of aliphatic hydroxyl groups is 1. The monoisotopic (exact) mass is 632 g/mol. The van der Waals surface area contributed by atoms with Crippen molar-refractivity contribution in [3.63, 3.8) is 0 Å². The predicted octanol–water partition coefficient (Wildman–Crippen LogP) is 6.46. The number of hydrogen-bond donors (Lipinski definition) is 1. The van der Waals surface area contributed by atoms with Gasteiger partial charge < -0.3 is 28.8 Å². The van der Waals surface area contributed by atoms with E-state index >= 15 is 0 Å². The third-order valence-electron chi connectivity index (χ3n) is 7.77. The minimum absolute atomic E-state index is 0.265. The van der Waals surface area contributed by atoms with Crippen molar-refractivity contribution in [2.45, 2.75) is 17.8 Å². The Morgan fingerprint density at radius 2 is 0.936 bits per heavy atom. The third kappa shape index (κ3) is 7.69. The zero-order valence-electron chi connectivity index (χ0n) is 26.2. The van der Waals surface area contributed by atoms with Crippen LogP contribution < -0.4 is 9.47 Å². The third-order valence-corrected chi connectivity index (χ3v) is 7.77. The molecule has 8 nitrogen and oxygen atoms in total.